The van der Waals surface area contributed by atoms with Gasteiger partial charge in [0.25, 0.3) is 0 Å². The third kappa shape index (κ3) is 2.59. The average Bonchev–Trinajstić information content (AvgIpc) is 2.38. The summed E-state index contributed by atoms with van der Waals surface area (Å²) in [5.41, 5.74) is 3.39. The van der Waals surface area contributed by atoms with E-state index in [-0.39, 0.29) is 12.4 Å². The molecule has 19 heavy (non-hydrogen) atoms. The van der Waals surface area contributed by atoms with Crippen LogP contribution in [0.1, 0.15) is 48.1 Å². The van der Waals surface area contributed by atoms with E-state index in [9.17, 15) is 15.0 Å². The first kappa shape index (κ1) is 13.9. The number of hydrogen-bond acceptors (Lipinski definition) is 4. The highest BCUT2D eigenvalue weighted by atomic mass is 16.5. The summed E-state index contributed by atoms with van der Waals surface area (Å²) in [6.45, 7) is 3.74. The van der Waals surface area contributed by atoms with Gasteiger partial charge in [0.1, 0.15) is 5.75 Å². The van der Waals surface area contributed by atoms with Gasteiger partial charge < -0.3 is 14.9 Å². The molecule has 4 nitrogen and oxygen atoms in total. The molecule has 0 bridgehead atoms. The van der Waals surface area contributed by atoms with Gasteiger partial charge in [0.05, 0.1) is 6.61 Å². The van der Waals surface area contributed by atoms with E-state index in [0.29, 0.717) is 5.56 Å². The summed E-state index contributed by atoms with van der Waals surface area (Å²) in [6.07, 6.45) is 2.69. The van der Waals surface area contributed by atoms with Crippen LogP contribution in [0, 0.1) is 6.92 Å². The monoisotopic (exact) mass is 264 g/mol. The van der Waals surface area contributed by atoms with Crippen LogP contribution in [-0.4, -0.2) is 22.8 Å². The normalized spacial score (nSPS) is 15.7. The molecule has 0 amide bonds. The molecule has 0 aromatic heterocycles. The Labute approximate surface area is 113 Å². The maximum atomic E-state index is 11.6. The Hall–Kier alpha value is -1.55. The van der Waals surface area contributed by atoms with Crippen molar-refractivity contribution in [3.8, 4) is 5.75 Å². The largest absolute Gasteiger partial charge is 0.508 e. The lowest BCUT2D eigenvalue weighted by atomic mass is 9.85. The number of rotatable bonds is 3. The van der Waals surface area contributed by atoms with Crippen LogP contribution in [0.15, 0.2) is 6.07 Å². The van der Waals surface area contributed by atoms with Crippen LogP contribution < -0.4 is 0 Å². The molecule has 1 atom stereocenters. The minimum Gasteiger partial charge on any atom is -0.508 e. The summed E-state index contributed by atoms with van der Waals surface area (Å²) in [7, 11) is 0. The number of phenols is 1. The molecular weight excluding hydrogens is 244 g/mol. The lowest BCUT2D eigenvalue weighted by molar-refractivity contribution is -0.153. The van der Waals surface area contributed by atoms with E-state index in [1.54, 1.807) is 13.0 Å². The number of carbonyl (C=O) groups is 1. The molecule has 0 saturated carbocycles. The Morgan fingerprint density at radius 1 is 1.42 bits per heavy atom. The number of esters is 1. The Morgan fingerprint density at radius 2 is 2.11 bits per heavy atom. The van der Waals surface area contributed by atoms with Crippen molar-refractivity contribution in [2.75, 3.05) is 6.61 Å². The standard InChI is InChI=1S/C15H20O4/c1-3-19-15(18)14(17)13-9(2)11-7-5-4-6-10(11)8-12(13)16/h8,14,16-17H,3-7H2,1-2H3. The molecule has 1 aromatic carbocycles. The molecule has 0 radical (unpaired) electrons. The summed E-state index contributed by atoms with van der Waals surface area (Å²) >= 11 is 0. The molecule has 4 heteroatoms. The highest BCUT2D eigenvalue weighted by molar-refractivity contribution is 5.78. The molecule has 0 saturated heterocycles. The quantitative estimate of drug-likeness (QED) is 0.821. The second-order valence-electron chi connectivity index (χ2n) is 4.93. The molecule has 2 N–H and O–H groups in total. The van der Waals surface area contributed by atoms with Crippen molar-refractivity contribution in [1.82, 2.24) is 0 Å². The van der Waals surface area contributed by atoms with Crippen molar-refractivity contribution in [3.63, 3.8) is 0 Å². The Kier molecular flexibility index (Phi) is 4.10. The van der Waals surface area contributed by atoms with Crippen molar-refractivity contribution < 1.29 is 19.7 Å². The lowest BCUT2D eigenvalue weighted by Crippen LogP contribution is -2.18. The zero-order chi connectivity index (χ0) is 14.0. The fourth-order valence-corrected chi connectivity index (χ4v) is 2.80. The smallest absolute Gasteiger partial charge is 0.339 e. The molecule has 0 fully saturated rings. The van der Waals surface area contributed by atoms with E-state index in [4.69, 9.17) is 4.74 Å². The van der Waals surface area contributed by atoms with Gasteiger partial charge in [-0.1, -0.05) is 0 Å². The molecule has 0 aliphatic heterocycles. The first-order valence-electron chi connectivity index (χ1n) is 6.75. The van der Waals surface area contributed by atoms with Gasteiger partial charge in [-0.3, -0.25) is 0 Å². The first-order valence-corrected chi connectivity index (χ1v) is 6.75. The van der Waals surface area contributed by atoms with E-state index in [0.717, 1.165) is 42.4 Å². The van der Waals surface area contributed by atoms with Gasteiger partial charge in [0, 0.05) is 5.56 Å². The van der Waals surface area contributed by atoms with Crippen LogP contribution in [-0.2, 0) is 22.4 Å². The molecule has 104 valence electrons. The first-order chi connectivity index (χ1) is 9.06. The van der Waals surface area contributed by atoms with Gasteiger partial charge in [0.2, 0.25) is 0 Å². The highest BCUT2D eigenvalue weighted by Gasteiger charge is 2.27. The summed E-state index contributed by atoms with van der Waals surface area (Å²) < 4.78 is 4.81. The lowest BCUT2D eigenvalue weighted by Gasteiger charge is -2.23. The maximum Gasteiger partial charge on any atom is 0.339 e. The molecule has 1 unspecified atom stereocenters. The van der Waals surface area contributed by atoms with Crippen LogP contribution in [0.25, 0.3) is 0 Å². The van der Waals surface area contributed by atoms with Crippen LogP contribution in [0.3, 0.4) is 0 Å². The SMILES string of the molecule is CCOC(=O)C(O)c1c(O)cc2c(c1C)CCCC2. The zero-order valence-corrected chi connectivity index (χ0v) is 11.4. The van der Waals surface area contributed by atoms with Gasteiger partial charge in [-0.25, -0.2) is 4.79 Å². The van der Waals surface area contributed by atoms with Crippen molar-refractivity contribution in [1.29, 1.82) is 0 Å². The van der Waals surface area contributed by atoms with E-state index in [1.807, 2.05) is 6.92 Å². The van der Waals surface area contributed by atoms with E-state index >= 15 is 0 Å². The molecule has 0 heterocycles. The van der Waals surface area contributed by atoms with E-state index in [2.05, 4.69) is 0 Å². The fraction of sp³-hybridized carbons (Fsp3) is 0.533. The van der Waals surface area contributed by atoms with Gasteiger partial charge in [-0.2, -0.15) is 0 Å². The molecule has 1 aromatic rings. The third-order valence-corrected chi connectivity index (χ3v) is 3.74. The maximum absolute atomic E-state index is 11.6. The van der Waals surface area contributed by atoms with Crippen LogP contribution in [0.4, 0.5) is 0 Å². The number of aliphatic hydroxyl groups is 1. The predicted molar refractivity (Wildman–Crippen MR) is 71.1 cm³/mol. The Balaban J connectivity index is 2.43. The number of benzene rings is 1. The average molecular weight is 264 g/mol. The van der Waals surface area contributed by atoms with Gasteiger partial charge in [-0.15, -0.1) is 0 Å². The van der Waals surface area contributed by atoms with Crippen molar-refractivity contribution in [2.45, 2.75) is 45.6 Å². The summed E-state index contributed by atoms with van der Waals surface area (Å²) in [6, 6.07) is 1.68. The van der Waals surface area contributed by atoms with Gasteiger partial charge in [0.15, 0.2) is 6.10 Å². The number of aliphatic hydroxyl groups excluding tert-OH is 1. The second-order valence-corrected chi connectivity index (χ2v) is 4.93. The van der Waals surface area contributed by atoms with Crippen molar-refractivity contribution in [2.24, 2.45) is 0 Å². The van der Waals surface area contributed by atoms with Crippen LogP contribution in [0.5, 0.6) is 5.75 Å². The van der Waals surface area contributed by atoms with Crippen LogP contribution >= 0.6 is 0 Å². The van der Waals surface area contributed by atoms with Crippen molar-refractivity contribution in [3.05, 3.63) is 28.3 Å². The topological polar surface area (TPSA) is 66.8 Å². The summed E-state index contributed by atoms with van der Waals surface area (Å²) in [5.74, 6) is -0.727. The predicted octanol–water partition coefficient (Wildman–Crippen LogP) is 2.18. The van der Waals surface area contributed by atoms with Gasteiger partial charge in [-0.05, 0) is 62.3 Å². The third-order valence-electron chi connectivity index (χ3n) is 3.74. The molecular formula is C15H20O4. The number of fused-ring (bicyclic) bond motifs is 1. The van der Waals surface area contributed by atoms with Crippen LogP contribution in [0.2, 0.25) is 0 Å². The Morgan fingerprint density at radius 3 is 2.79 bits per heavy atom. The van der Waals surface area contributed by atoms with Gasteiger partial charge >= 0.3 is 5.97 Å². The molecule has 1 aliphatic carbocycles. The van der Waals surface area contributed by atoms with E-state index < -0.39 is 12.1 Å². The molecule has 1 aliphatic rings. The summed E-state index contributed by atoms with van der Waals surface area (Å²) in [5, 5.41) is 20.1. The minimum atomic E-state index is -1.41. The Bertz CT molecular complexity index is 493. The minimum absolute atomic E-state index is 0.0151. The number of aryl methyl sites for hydroxylation is 1. The van der Waals surface area contributed by atoms with E-state index in [1.165, 1.54) is 0 Å². The highest BCUT2D eigenvalue weighted by Crippen LogP contribution is 2.36. The second kappa shape index (κ2) is 5.61. The number of hydrogen-bond donors (Lipinski definition) is 2. The molecule has 0 spiro atoms. The number of aromatic hydroxyl groups is 1. The van der Waals surface area contributed by atoms with Crippen molar-refractivity contribution >= 4 is 5.97 Å². The zero-order valence-electron chi connectivity index (χ0n) is 11.4. The fourth-order valence-electron chi connectivity index (χ4n) is 2.80. The number of carbonyl (C=O) groups excluding carboxylic acids is 1. The number of phenolic OH excluding ortho intramolecular Hbond substituents is 1. The molecule has 2 rings (SSSR count). The summed E-state index contributed by atoms with van der Waals surface area (Å²) in [4.78, 5) is 11.6. The number of ether oxygens (including phenoxy) is 1.